The summed E-state index contributed by atoms with van der Waals surface area (Å²) in [6, 6.07) is 29.7. The van der Waals surface area contributed by atoms with Crippen LogP contribution in [0.5, 0.6) is 0 Å². The van der Waals surface area contributed by atoms with Crippen LogP contribution in [0, 0.1) is 0 Å². The molecule has 27 heteroatoms. The first-order valence-corrected chi connectivity index (χ1v) is 30.7. The van der Waals surface area contributed by atoms with Crippen LogP contribution in [-0.2, 0) is 73.4 Å². The zero-order chi connectivity index (χ0) is 68.4. The van der Waals surface area contributed by atoms with Crippen molar-refractivity contribution >= 4 is 77.8 Å². The lowest BCUT2D eigenvalue weighted by Gasteiger charge is -2.29. The molecule has 0 spiro atoms. The molecule has 4 fully saturated rings. The van der Waals surface area contributed by atoms with Crippen LogP contribution < -0.4 is 21.3 Å². The van der Waals surface area contributed by atoms with E-state index in [9.17, 15) is 62.3 Å². The molecule has 0 saturated carbocycles. The highest BCUT2D eigenvalue weighted by atomic mass is 16.6. The molecule has 9 rings (SSSR count). The van der Waals surface area contributed by atoms with Crippen LogP contribution in [0.1, 0.15) is 126 Å². The molecule has 27 nitrogen and oxygen atoms in total. The zero-order valence-electron chi connectivity index (χ0n) is 52.9. The summed E-state index contributed by atoms with van der Waals surface area (Å²) in [5.74, 6) is -7.77. The van der Waals surface area contributed by atoms with Crippen LogP contribution in [0.25, 0.3) is 0 Å². The lowest BCUT2D eigenvalue weighted by atomic mass is 9.99. The summed E-state index contributed by atoms with van der Waals surface area (Å²) in [5.41, 5.74) is 1.18. The number of alkyl carbamates (subject to hydrolysis) is 1. The average Bonchev–Trinajstić information content (AvgIpc) is 1.69. The highest BCUT2D eigenvalue weighted by molar-refractivity contribution is 6.04. The fourth-order valence-electron chi connectivity index (χ4n) is 11.6. The molecule has 5 aromatic rings. The van der Waals surface area contributed by atoms with Gasteiger partial charge in [-0.25, -0.2) is 48.4 Å². The molecule has 4 heterocycles. The molecule has 0 unspecified atom stereocenters. The normalized spacial score (nSPS) is 22.0. The van der Waals surface area contributed by atoms with Crippen molar-refractivity contribution < 1.29 is 90.8 Å². The van der Waals surface area contributed by atoms with Crippen molar-refractivity contribution in [3.63, 3.8) is 0 Å². The summed E-state index contributed by atoms with van der Waals surface area (Å²) in [6.07, 6.45) is -13.2. The van der Waals surface area contributed by atoms with E-state index in [1.807, 2.05) is 0 Å². The van der Waals surface area contributed by atoms with E-state index in [4.69, 9.17) is 28.4 Å². The first kappa shape index (κ1) is 68.4. The first-order valence-electron chi connectivity index (χ1n) is 30.7. The number of cyclic esters (lactones) is 4. The Kier molecular flexibility index (Phi) is 21.4. The molecule has 0 bridgehead atoms. The number of esters is 1. The van der Waals surface area contributed by atoms with Crippen LogP contribution in [-0.4, -0.2) is 152 Å². The van der Waals surface area contributed by atoms with Gasteiger partial charge < -0.3 is 49.7 Å². The van der Waals surface area contributed by atoms with Gasteiger partial charge in [-0.05, 0) is 76.3 Å². The molecular formula is C68H72N8O19. The Labute approximate surface area is 546 Å². The number of nitrogens with zero attached hydrogens (tertiary/aromatic N) is 4. The highest BCUT2D eigenvalue weighted by Crippen LogP contribution is 2.33. The smallest absolute Gasteiger partial charge is 0.417 e. The van der Waals surface area contributed by atoms with Gasteiger partial charge in [0.25, 0.3) is 0 Å². The molecule has 0 aromatic heterocycles. The topological polar surface area (TPSA) is 338 Å². The molecule has 4 saturated heterocycles. The van der Waals surface area contributed by atoms with Gasteiger partial charge in [0, 0.05) is 0 Å². The van der Waals surface area contributed by atoms with E-state index < -0.39 is 182 Å². The lowest BCUT2D eigenvalue weighted by molar-refractivity contribution is -0.154. The van der Waals surface area contributed by atoms with Gasteiger partial charge in [0.2, 0.25) is 41.4 Å². The minimum absolute atomic E-state index is 0.165. The van der Waals surface area contributed by atoms with E-state index in [1.54, 1.807) is 172 Å². The second kappa shape index (κ2) is 29.7. The van der Waals surface area contributed by atoms with E-state index in [0.29, 0.717) is 47.4 Å². The molecule has 0 radical (unpaired) electrons. The van der Waals surface area contributed by atoms with Crippen LogP contribution in [0.2, 0.25) is 0 Å². The van der Waals surface area contributed by atoms with Gasteiger partial charge in [0.05, 0.1) is 49.9 Å². The largest absolute Gasteiger partial charge is 0.459 e. The fraction of sp³-hybridized carbons (Fsp3) is 0.368. The zero-order valence-corrected chi connectivity index (χ0v) is 52.9. The Hall–Kier alpha value is -11.0. The Bertz CT molecular complexity index is 3710. The van der Waals surface area contributed by atoms with Crippen LogP contribution in [0.3, 0.4) is 0 Å². The maximum atomic E-state index is 14.8. The number of carbonyl (C=O) groups is 13. The highest BCUT2D eigenvalue weighted by Gasteiger charge is 2.53. The molecule has 12 atom stereocenters. The second-order valence-electron chi connectivity index (χ2n) is 24.1. The van der Waals surface area contributed by atoms with Gasteiger partial charge in [-0.1, -0.05) is 152 Å². The third kappa shape index (κ3) is 16.3. The number of rotatable bonds is 22. The van der Waals surface area contributed by atoms with Gasteiger partial charge in [-0.15, -0.1) is 0 Å². The quantitative estimate of drug-likeness (QED) is 0.0397. The standard InChI is InChI=1S/C68H72N8O19/c1-38-55(73(64(86)91-38)51(77)34-48(44-27-17-10-18-28-44)70-61(83)57-40(3)93-66(88)75(57)53(79)36-50(46-31-21-12-22-32-46)72-63(85)95-68(5,6)7)59(81)69-47(43-25-15-9-16-26-43)33-52(78)74-56(39(2)92-65(74)87)60(82)71-49(45-29-19-11-20-30-45)35-54(80)76-58(41(4)94-67(76)89)62(84)90-37-42-23-13-8-14-24-42/h8-32,38-41,47-50,55-58H,33-37H2,1-7H3,(H,69,81)(H,70,83)(H,71,82)(H,72,85)/t38-,39-,40-,41-,47-,48-,49-,50-,55+,56+,57+,58+/m0/s1. The number of hydrogen-bond donors (Lipinski definition) is 4. The SMILES string of the molecule is C[C@@H]1OC(=O)N(C(=O)C[C@H](NC(=O)OC(C)(C)C)c2ccccc2)[C@H]1C(=O)N[C@@H](CC(=O)N1C(=O)O[C@@H](C)[C@@H]1C(=O)N[C@@H](CC(=O)N1C(=O)O[C@@H](C)[C@@H]1C(=O)N[C@@H](CC(=O)N1C(=O)O[C@@H](C)[C@@H]1C(=O)OCc1ccccc1)c1ccccc1)c1ccccc1)c1ccccc1. The third-order valence-corrected chi connectivity index (χ3v) is 16.1. The molecule has 0 aliphatic carbocycles. The fourth-order valence-corrected chi connectivity index (χ4v) is 11.6. The van der Waals surface area contributed by atoms with Gasteiger partial charge in [-0.3, -0.25) is 33.6 Å². The Balaban J connectivity index is 0.903. The number of ether oxygens (including phenoxy) is 6. The Morgan fingerprint density at radius 3 is 0.926 bits per heavy atom. The van der Waals surface area contributed by atoms with Gasteiger partial charge in [0.1, 0.15) is 36.6 Å². The van der Waals surface area contributed by atoms with Crippen LogP contribution >= 0.6 is 0 Å². The Morgan fingerprint density at radius 2 is 0.642 bits per heavy atom. The molecule has 498 valence electrons. The molecule has 95 heavy (non-hydrogen) atoms. The maximum absolute atomic E-state index is 14.8. The number of imide groups is 4. The molecular weight excluding hydrogens is 1230 g/mol. The average molecular weight is 1310 g/mol. The summed E-state index contributed by atoms with van der Waals surface area (Å²) < 4.78 is 32.6. The van der Waals surface area contributed by atoms with Crippen LogP contribution in [0.4, 0.5) is 24.0 Å². The minimum Gasteiger partial charge on any atom is -0.459 e. The summed E-state index contributed by atoms with van der Waals surface area (Å²) in [7, 11) is 0. The summed E-state index contributed by atoms with van der Waals surface area (Å²) in [4.78, 5) is 185. The van der Waals surface area contributed by atoms with E-state index in [1.165, 1.54) is 27.7 Å². The number of hydrogen-bond acceptors (Lipinski definition) is 19. The summed E-state index contributed by atoms with van der Waals surface area (Å²) in [5, 5.41) is 10.9. The van der Waals surface area contributed by atoms with Crippen molar-refractivity contribution in [2.24, 2.45) is 0 Å². The predicted octanol–water partition coefficient (Wildman–Crippen LogP) is 7.07. The van der Waals surface area contributed by atoms with Crippen LogP contribution in [0.15, 0.2) is 152 Å². The monoisotopic (exact) mass is 1300 g/mol. The van der Waals surface area contributed by atoms with Crippen molar-refractivity contribution in [2.75, 3.05) is 0 Å². The van der Waals surface area contributed by atoms with Crippen molar-refractivity contribution in [3.8, 4) is 0 Å². The van der Waals surface area contributed by atoms with E-state index >= 15 is 0 Å². The summed E-state index contributed by atoms with van der Waals surface area (Å²) >= 11 is 0. The third-order valence-electron chi connectivity index (χ3n) is 16.1. The summed E-state index contributed by atoms with van der Waals surface area (Å²) in [6.45, 7) is 10.3. The molecule has 4 aliphatic rings. The molecule has 4 aliphatic heterocycles. The van der Waals surface area contributed by atoms with Gasteiger partial charge in [0.15, 0.2) is 24.2 Å². The van der Waals surface area contributed by atoms with Gasteiger partial charge in [-0.2, -0.15) is 0 Å². The predicted molar refractivity (Wildman–Crippen MR) is 332 cm³/mol. The molecule has 4 N–H and O–H groups in total. The van der Waals surface area contributed by atoms with Gasteiger partial charge >= 0.3 is 36.4 Å². The second-order valence-corrected chi connectivity index (χ2v) is 24.1. The van der Waals surface area contributed by atoms with E-state index in [0.717, 1.165) is 0 Å². The van der Waals surface area contributed by atoms with Crippen molar-refractivity contribution in [2.45, 2.75) is 159 Å². The lowest BCUT2D eigenvalue weighted by Crippen LogP contribution is -2.54. The van der Waals surface area contributed by atoms with E-state index in [-0.39, 0.29) is 6.61 Å². The number of nitrogens with one attached hydrogen (secondary N) is 4. The number of benzene rings is 5. The Morgan fingerprint density at radius 1 is 0.389 bits per heavy atom. The maximum Gasteiger partial charge on any atom is 0.417 e. The van der Waals surface area contributed by atoms with Crippen molar-refractivity contribution in [1.29, 1.82) is 0 Å². The van der Waals surface area contributed by atoms with E-state index in [2.05, 4.69) is 21.3 Å². The van der Waals surface area contributed by atoms with Crippen molar-refractivity contribution in [3.05, 3.63) is 179 Å². The number of amides is 12. The first-order chi connectivity index (χ1) is 45.3. The molecule has 5 aromatic carbocycles. The van der Waals surface area contributed by atoms with Crippen molar-refractivity contribution in [1.82, 2.24) is 40.9 Å². The molecule has 12 amide bonds. The number of carbonyl (C=O) groups excluding carboxylic acids is 13. The minimum atomic E-state index is -1.72.